The van der Waals surface area contributed by atoms with Crippen molar-refractivity contribution in [3.05, 3.63) is 79.9 Å². The Labute approximate surface area is 281 Å². The van der Waals surface area contributed by atoms with Crippen LogP contribution in [0.4, 0.5) is 14.6 Å². The van der Waals surface area contributed by atoms with Crippen LogP contribution < -0.4 is 10.5 Å². The highest BCUT2D eigenvalue weighted by Crippen LogP contribution is 2.47. The number of fused-ring (bicyclic) bond motifs is 2. The standard InChI is InChI=1S/C34H26ClF2N7O3S/c1-19-41-26-17-40-30(42-11-13-43(14-12-42)34(7-8-34)33(36)37)24(16-38)27(26)31(45)44(19)10-2-3-20-4-5-21(35)15-23(20)22-6-9-39-28-25(32(46)47)18-48-29(22)28/h4-6,9,15,17-18,33H,7-8,10-14H2,1H3,(H,46,47). The molecule has 5 heterocycles. The van der Waals surface area contributed by atoms with Gasteiger partial charge < -0.3 is 10.0 Å². The molecule has 1 saturated heterocycles. The number of pyridine rings is 2. The lowest BCUT2D eigenvalue weighted by Gasteiger charge is -2.40. The van der Waals surface area contributed by atoms with Crippen LogP contribution in [0, 0.1) is 30.1 Å². The molecule has 0 atom stereocenters. The van der Waals surface area contributed by atoms with Crippen LogP contribution in [0.25, 0.3) is 32.2 Å². The second-order valence-corrected chi connectivity index (χ2v) is 13.1. The fraction of sp³-hybridized carbons (Fsp3) is 0.294. The van der Waals surface area contributed by atoms with Gasteiger partial charge in [0.2, 0.25) is 0 Å². The van der Waals surface area contributed by atoms with E-state index in [1.807, 2.05) is 9.80 Å². The molecule has 5 aromatic rings. The van der Waals surface area contributed by atoms with Crippen LogP contribution in [0.2, 0.25) is 5.02 Å². The summed E-state index contributed by atoms with van der Waals surface area (Å²) in [4.78, 5) is 42.6. The Kier molecular flexibility index (Phi) is 8.08. The van der Waals surface area contributed by atoms with Crippen molar-refractivity contribution in [2.75, 3.05) is 31.1 Å². The maximum Gasteiger partial charge on any atom is 0.338 e. The highest BCUT2D eigenvalue weighted by Gasteiger charge is 2.55. The van der Waals surface area contributed by atoms with E-state index in [1.54, 1.807) is 42.8 Å². The molecule has 0 unspecified atom stereocenters. The number of halogens is 3. The summed E-state index contributed by atoms with van der Waals surface area (Å²) in [5, 5.41) is 21.9. The van der Waals surface area contributed by atoms with Crippen LogP contribution in [0.3, 0.4) is 0 Å². The predicted molar refractivity (Wildman–Crippen MR) is 179 cm³/mol. The van der Waals surface area contributed by atoms with Crippen LogP contribution >= 0.6 is 22.9 Å². The van der Waals surface area contributed by atoms with Crippen LogP contribution in [0.5, 0.6) is 0 Å². The van der Waals surface area contributed by atoms with E-state index in [2.05, 4.69) is 32.9 Å². The minimum atomic E-state index is -2.40. The molecule has 1 N–H and O–H groups in total. The summed E-state index contributed by atoms with van der Waals surface area (Å²) in [5.74, 6) is 5.86. The second kappa shape index (κ2) is 12.3. The fourth-order valence-corrected chi connectivity index (χ4v) is 7.56. The number of nitriles is 1. The smallest absolute Gasteiger partial charge is 0.338 e. The fourth-order valence-electron chi connectivity index (χ4n) is 6.36. The molecule has 1 aliphatic heterocycles. The van der Waals surface area contributed by atoms with Gasteiger partial charge in [-0.25, -0.2) is 23.5 Å². The van der Waals surface area contributed by atoms with Crippen molar-refractivity contribution in [2.24, 2.45) is 0 Å². The van der Waals surface area contributed by atoms with Gasteiger partial charge in [-0.2, -0.15) is 5.26 Å². The number of anilines is 1. The number of rotatable bonds is 6. The molecule has 48 heavy (non-hydrogen) atoms. The number of carboxylic acids is 1. The van der Waals surface area contributed by atoms with Crippen molar-refractivity contribution in [1.29, 1.82) is 5.26 Å². The summed E-state index contributed by atoms with van der Waals surface area (Å²) in [5.41, 5.74) is 1.41. The second-order valence-electron chi connectivity index (χ2n) is 11.7. The number of benzene rings is 1. The van der Waals surface area contributed by atoms with Crippen LogP contribution in [0.1, 0.15) is 40.2 Å². The first-order valence-corrected chi connectivity index (χ1v) is 16.4. The quantitative estimate of drug-likeness (QED) is 0.228. The summed E-state index contributed by atoms with van der Waals surface area (Å²) in [7, 11) is 0. The Morgan fingerprint density at radius 1 is 1.17 bits per heavy atom. The van der Waals surface area contributed by atoms with Gasteiger partial charge >= 0.3 is 5.97 Å². The molecule has 10 nitrogen and oxygen atoms in total. The van der Waals surface area contributed by atoms with Crippen molar-refractivity contribution < 1.29 is 18.7 Å². The van der Waals surface area contributed by atoms with Gasteiger partial charge in [0.1, 0.15) is 23.3 Å². The molecule has 14 heteroatoms. The van der Waals surface area contributed by atoms with Gasteiger partial charge in [0.25, 0.3) is 12.0 Å². The molecule has 2 fully saturated rings. The number of hydrogen-bond donors (Lipinski definition) is 1. The van der Waals surface area contributed by atoms with E-state index in [1.165, 1.54) is 22.1 Å². The first kappa shape index (κ1) is 31.6. The molecular formula is C34H26ClF2N7O3S. The molecule has 242 valence electrons. The van der Waals surface area contributed by atoms with Crippen molar-refractivity contribution in [3.63, 3.8) is 0 Å². The summed E-state index contributed by atoms with van der Waals surface area (Å²) in [6, 6.07) is 9.14. The average molecular weight is 686 g/mol. The third kappa shape index (κ3) is 5.34. The zero-order valence-electron chi connectivity index (χ0n) is 25.5. The summed E-state index contributed by atoms with van der Waals surface area (Å²) >= 11 is 7.63. The molecule has 4 aromatic heterocycles. The van der Waals surface area contributed by atoms with E-state index in [-0.39, 0.29) is 28.6 Å². The molecule has 1 saturated carbocycles. The number of aromatic carboxylic acids is 1. The molecule has 0 spiro atoms. The minimum Gasteiger partial charge on any atom is -0.478 e. The lowest BCUT2D eigenvalue weighted by atomic mass is 10.00. The van der Waals surface area contributed by atoms with Gasteiger partial charge in [0.05, 0.1) is 45.0 Å². The van der Waals surface area contributed by atoms with Gasteiger partial charge in [0, 0.05) is 59.5 Å². The number of alkyl halides is 2. The number of aromatic nitrogens is 4. The molecule has 1 aliphatic carbocycles. The monoisotopic (exact) mass is 685 g/mol. The number of hydrogen-bond acceptors (Lipinski definition) is 9. The van der Waals surface area contributed by atoms with Crippen molar-refractivity contribution >= 4 is 55.8 Å². The van der Waals surface area contributed by atoms with Gasteiger partial charge in [-0.05, 0) is 44.0 Å². The first-order chi connectivity index (χ1) is 23.1. The number of thiophene rings is 1. The van der Waals surface area contributed by atoms with Gasteiger partial charge in [0.15, 0.2) is 0 Å². The number of piperazine rings is 1. The van der Waals surface area contributed by atoms with Crippen LogP contribution in [-0.4, -0.2) is 73.6 Å². The third-order valence-corrected chi connectivity index (χ3v) is 10.3. The first-order valence-electron chi connectivity index (χ1n) is 15.1. The van der Waals surface area contributed by atoms with E-state index in [9.17, 15) is 28.7 Å². The number of aryl methyl sites for hydroxylation is 1. The lowest BCUT2D eigenvalue weighted by molar-refractivity contribution is 0.00530. The topological polar surface area (TPSA) is 128 Å². The predicted octanol–water partition coefficient (Wildman–Crippen LogP) is 5.57. The van der Waals surface area contributed by atoms with E-state index in [0.29, 0.717) is 77.0 Å². The minimum absolute atomic E-state index is 0.0273. The lowest BCUT2D eigenvalue weighted by Crippen LogP contribution is -2.54. The zero-order valence-corrected chi connectivity index (χ0v) is 27.1. The summed E-state index contributed by atoms with van der Waals surface area (Å²) in [6.07, 6.45) is 1.57. The Bertz CT molecular complexity index is 2290. The molecule has 0 radical (unpaired) electrons. The average Bonchev–Trinajstić information content (AvgIpc) is 3.78. The van der Waals surface area contributed by atoms with Gasteiger partial charge in [-0.3, -0.25) is 19.2 Å². The Morgan fingerprint density at radius 2 is 1.94 bits per heavy atom. The number of carboxylic acid groups (broad SMARTS) is 1. The normalized spacial score (nSPS) is 15.8. The maximum absolute atomic E-state index is 13.9. The number of carbonyl (C=O) groups is 1. The van der Waals surface area contributed by atoms with E-state index >= 15 is 0 Å². The van der Waals surface area contributed by atoms with E-state index in [4.69, 9.17) is 11.6 Å². The van der Waals surface area contributed by atoms with Crippen molar-refractivity contribution in [2.45, 2.75) is 38.3 Å². The highest BCUT2D eigenvalue weighted by molar-refractivity contribution is 7.18. The van der Waals surface area contributed by atoms with Crippen molar-refractivity contribution in [3.8, 4) is 29.0 Å². The number of nitrogens with zero attached hydrogens (tertiary/aromatic N) is 7. The Balaban J connectivity index is 1.21. The van der Waals surface area contributed by atoms with Gasteiger partial charge in [-0.15, -0.1) is 11.3 Å². The maximum atomic E-state index is 13.9. The van der Waals surface area contributed by atoms with Crippen LogP contribution in [0.15, 0.2) is 46.8 Å². The van der Waals surface area contributed by atoms with Crippen molar-refractivity contribution in [1.82, 2.24) is 24.4 Å². The Hall–Kier alpha value is -4.95. The largest absolute Gasteiger partial charge is 0.478 e. The van der Waals surface area contributed by atoms with Crippen LogP contribution in [-0.2, 0) is 6.54 Å². The summed E-state index contributed by atoms with van der Waals surface area (Å²) < 4.78 is 29.4. The molecule has 1 aromatic carbocycles. The molecular weight excluding hydrogens is 660 g/mol. The molecule has 0 bridgehead atoms. The van der Waals surface area contributed by atoms with Gasteiger partial charge in [-0.1, -0.05) is 23.4 Å². The molecule has 0 amide bonds. The molecule has 2 aliphatic rings. The van der Waals surface area contributed by atoms with E-state index < -0.39 is 23.5 Å². The Morgan fingerprint density at radius 3 is 2.62 bits per heavy atom. The van der Waals surface area contributed by atoms with E-state index in [0.717, 1.165) is 5.56 Å². The molecule has 7 rings (SSSR count). The SMILES string of the molecule is Cc1nc2cnc(N3CCN(C4(C(F)F)CC4)CC3)c(C#N)c2c(=O)n1CC#Cc1ccc(Cl)cc1-c1ccnc2c(C(=O)O)csc12. The highest BCUT2D eigenvalue weighted by atomic mass is 35.5. The zero-order chi connectivity index (χ0) is 33.7. The third-order valence-electron chi connectivity index (χ3n) is 9.08. The summed E-state index contributed by atoms with van der Waals surface area (Å²) in [6.45, 7) is 3.27.